The van der Waals surface area contributed by atoms with Crippen LogP contribution in [0.1, 0.15) is 60.9 Å². The average Bonchev–Trinajstić information content (AvgIpc) is 2.94. The second-order valence-electron chi connectivity index (χ2n) is 10.8. The van der Waals surface area contributed by atoms with Gasteiger partial charge in [0.25, 0.3) is 11.8 Å². The Labute approximate surface area is 224 Å². The Kier molecular flexibility index (Phi) is 7.86. The van der Waals surface area contributed by atoms with E-state index in [0.717, 1.165) is 44.3 Å². The molecule has 1 fully saturated rings. The van der Waals surface area contributed by atoms with Gasteiger partial charge in [-0.2, -0.15) is 0 Å². The Hall–Kier alpha value is -3.55. The fourth-order valence-electron chi connectivity index (χ4n) is 5.74. The van der Waals surface area contributed by atoms with Crippen LogP contribution < -0.4 is 19.7 Å². The number of aryl methyl sites for hydroxylation is 1. The standard InChI is InChI=1S/C30H37N3O5/c1-32-24-19-23(11-12-26(24)38-20-28(32)35)29(36)33-16-14-30(15-17-33)13-5-4-8-22-7-2-3-9-25(22)37-18-6-10-27(34)31-21-30/h2-3,7,9,11-12,19H,4-6,8,10,13-18,20-21H2,1H3,(H,31,34). The number of hydrogen-bond acceptors (Lipinski definition) is 5. The van der Waals surface area contributed by atoms with E-state index in [9.17, 15) is 14.4 Å². The van der Waals surface area contributed by atoms with Crippen LogP contribution in [-0.4, -0.2) is 62.5 Å². The maximum Gasteiger partial charge on any atom is 0.264 e. The number of anilines is 1. The molecule has 0 aromatic heterocycles. The van der Waals surface area contributed by atoms with Crippen molar-refractivity contribution in [1.82, 2.24) is 10.2 Å². The number of para-hydroxylation sites is 1. The molecule has 2 aromatic carbocycles. The molecule has 0 radical (unpaired) electrons. The number of nitrogens with zero attached hydrogens (tertiary/aromatic N) is 2. The van der Waals surface area contributed by atoms with Gasteiger partial charge in [0.2, 0.25) is 5.91 Å². The molecule has 38 heavy (non-hydrogen) atoms. The van der Waals surface area contributed by atoms with Crippen molar-refractivity contribution >= 4 is 23.4 Å². The number of carbonyl (C=O) groups is 3. The number of hydrogen-bond donors (Lipinski definition) is 1. The number of nitrogens with one attached hydrogen (secondary N) is 1. The van der Waals surface area contributed by atoms with E-state index in [1.54, 1.807) is 30.1 Å². The molecule has 3 heterocycles. The van der Waals surface area contributed by atoms with E-state index in [1.807, 2.05) is 17.0 Å². The minimum absolute atomic E-state index is 0.0110. The normalized spacial score (nSPS) is 20.3. The molecule has 0 saturated carbocycles. The first kappa shape index (κ1) is 26.1. The predicted octanol–water partition coefficient (Wildman–Crippen LogP) is 3.97. The van der Waals surface area contributed by atoms with Crippen molar-refractivity contribution in [3.05, 3.63) is 53.6 Å². The summed E-state index contributed by atoms with van der Waals surface area (Å²) in [5, 5.41) is 3.19. The van der Waals surface area contributed by atoms with Gasteiger partial charge < -0.3 is 24.6 Å². The van der Waals surface area contributed by atoms with Gasteiger partial charge in [-0.05, 0) is 73.8 Å². The largest absolute Gasteiger partial charge is 0.493 e. The average molecular weight is 520 g/mol. The maximum atomic E-state index is 13.4. The number of likely N-dealkylation sites (tertiary alicyclic amines) is 1. The Balaban J connectivity index is 1.24. The second kappa shape index (κ2) is 11.5. The molecule has 0 unspecified atom stereocenters. The summed E-state index contributed by atoms with van der Waals surface area (Å²) in [5.41, 5.74) is 2.40. The van der Waals surface area contributed by atoms with Crippen LogP contribution in [0.5, 0.6) is 11.5 Å². The maximum absolute atomic E-state index is 13.4. The first-order valence-electron chi connectivity index (χ1n) is 13.7. The van der Waals surface area contributed by atoms with Crippen molar-refractivity contribution < 1.29 is 23.9 Å². The van der Waals surface area contributed by atoms with Gasteiger partial charge in [-0.1, -0.05) is 24.6 Å². The van der Waals surface area contributed by atoms with E-state index < -0.39 is 0 Å². The number of fused-ring (bicyclic) bond motifs is 2. The molecule has 1 N–H and O–H groups in total. The van der Waals surface area contributed by atoms with Gasteiger partial charge in [0.15, 0.2) is 6.61 Å². The van der Waals surface area contributed by atoms with Crippen molar-refractivity contribution in [3.63, 3.8) is 0 Å². The number of benzene rings is 2. The van der Waals surface area contributed by atoms with Gasteiger partial charge in [0.1, 0.15) is 11.5 Å². The van der Waals surface area contributed by atoms with Crippen molar-refractivity contribution in [2.45, 2.75) is 51.4 Å². The van der Waals surface area contributed by atoms with E-state index in [1.165, 1.54) is 5.56 Å². The van der Waals surface area contributed by atoms with Crippen LogP contribution >= 0.6 is 0 Å². The highest BCUT2D eigenvalue weighted by Crippen LogP contribution is 2.38. The monoisotopic (exact) mass is 519 g/mol. The van der Waals surface area contributed by atoms with Crippen LogP contribution in [0.15, 0.2) is 42.5 Å². The summed E-state index contributed by atoms with van der Waals surface area (Å²) in [7, 11) is 1.70. The van der Waals surface area contributed by atoms with Gasteiger partial charge in [-0.15, -0.1) is 0 Å². The van der Waals surface area contributed by atoms with E-state index in [-0.39, 0.29) is 29.7 Å². The molecule has 1 spiro atoms. The Morgan fingerprint density at radius 1 is 0.921 bits per heavy atom. The molecular weight excluding hydrogens is 482 g/mol. The zero-order valence-corrected chi connectivity index (χ0v) is 22.2. The SMILES string of the molecule is CN1C(=O)COc2ccc(C(=O)N3CCC4(CCCCc5ccccc5OCCCC(=O)NC4)CC3)cc21. The van der Waals surface area contributed by atoms with Crippen LogP contribution in [0.25, 0.3) is 0 Å². The van der Waals surface area contributed by atoms with Gasteiger partial charge in [-0.3, -0.25) is 14.4 Å². The van der Waals surface area contributed by atoms with E-state index in [0.29, 0.717) is 56.1 Å². The molecule has 202 valence electrons. The molecular formula is C30H37N3O5. The summed E-state index contributed by atoms with van der Waals surface area (Å²) < 4.78 is 11.5. The highest BCUT2D eigenvalue weighted by molar-refractivity contribution is 6.01. The number of carbonyl (C=O) groups excluding carboxylic acids is 3. The van der Waals surface area contributed by atoms with Crippen molar-refractivity contribution in [3.8, 4) is 11.5 Å². The smallest absolute Gasteiger partial charge is 0.264 e. The minimum Gasteiger partial charge on any atom is -0.493 e. The molecule has 0 atom stereocenters. The van der Waals surface area contributed by atoms with Gasteiger partial charge in [-0.25, -0.2) is 0 Å². The lowest BCUT2D eigenvalue weighted by molar-refractivity contribution is -0.122. The fraction of sp³-hybridized carbons (Fsp3) is 0.500. The third kappa shape index (κ3) is 5.79. The Bertz CT molecular complexity index is 1190. The summed E-state index contributed by atoms with van der Waals surface area (Å²) >= 11 is 0. The zero-order valence-electron chi connectivity index (χ0n) is 22.2. The van der Waals surface area contributed by atoms with Crippen molar-refractivity contribution in [1.29, 1.82) is 0 Å². The van der Waals surface area contributed by atoms with Gasteiger partial charge in [0.05, 0.1) is 12.3 Å². The highest BCUT2D eigenvalue weighted by atomic mass is 16.5. The molecule has 8 nitrogen and oxygen atoms in total. The predicted molar refractivity (Wildman–Crippen MR) is 145 cm³/mol. The van der Waals surface area contributed by atoms with Crippen molar-refractivity contribution in [2.24, 2.45) is 5.41 Å². The molecule has 3 aliphatic heterocycles. The number of rotatable bonds is 1. The molecule has 1 saturated heterocycles. The third-order valence-corrected chi connectivity index (χ3v) is 8.25. The lowest BCUT2D eigenvalue weighted by Crippen LogP contribution is -2.48. The topological polar surface area (TPSA) is 88.2 Å². The summed E-state index contributed by atoms with van der Waals surface area (Å²) in [5.74, 6) is 1.44. The number of amides is 3. The van der Waals surface area contributed by atoms with Crippen LogP contribution in [-0.2, 0) is 16.0 Å². The Morgan fingerprint density at radius 2 is 1.74 bits per heavy atom. The number of likely N-dealkylation sites (N-methyl/N-ethyl adjacent to an activating group) is 1. The first-order valence-corrected chi connectivity index (χ1v) is 13.7. The zero-order chi connectivity index (χ0) is 26.5. The highest BCUT2D eigenvalue weighted by Gasteiger charge is 2.36. The minimum atomic E-state index is -0.131. The molecule has 3 aliphatic rings. The van der Waals surface area contributed by atoms with Crippen LogP contribution in [0.3, 0.4) is 0 Å². The lowest BCUT2D eigenvalue weighted by Gasteiger charge is -2.42. The quantitative estimate of drug-likeness (QED) is 0.616. The summed E-state index contributed by atoms with van der Waals surface area (Å²) in [4.78, 5) is 41.5. The lowest BCUT2D eigenvalue weighted by atomic mass is 9.74. The molecule has 3 amide bonds. The Morgan fingerprint density at radius 3 is 2.58 bits per heavy atom. The second-order valence-corrected chi connectivity index (χ2v) is 10.8. The van der Waals surface area contributed by atoms with Gasteiger partial charge >= 0.3 is 0 Å². The fourth-order valence-corrected chi connectivity index (χ4v) is 5.74. The summed E-state index contributed by atoms with van der Waals surface area (Å²) in [6.07, 6.45) is 6.94. The van der Waals surface area contributed by atoms with E-state index >= 15 is 0 Å². The molecule has 5 rings (SSSR count). The number of piperidine rings is 1. The molecule has 0 bridgehead atoms. The number of ether oxygens (including phenoxy) is 2. The third-order valence-electron chi connectivity index (χ3n) is 8.25. The van der Waals surface area contributed by atoms with Gasteiger partial charge in [0, 0.05) is 38.7 Å². The molecule has 2 aromatic rings. The summed E-state index contributed by atoms with van der Waals surface area (Å²) in [6.45, 7) is 2.49. The van der Waals surface area contributed by atoms with Crippen LogP contribution in [0.2, 0.25) is 0 Å². The van der Waals surface area contributed by atoms with Crippen LogP contribution in [0, 0.1) is 5.41 Å². The van der Waals surface area contributed by atoms with E-state index in [4.69, 9.17) is 9.47 Å². The van der Waals surface area contributed by atoms with Crippen molar-refractivity contribution in [2.75, 3.05) is 44.8 Å². The summed E-state index contributed by atoms with van der Waals surface area (Å²) in [6, 6.07) is 13.5. The van der Waals surface area contributed by atoms with E-state index in [2.05, 4.69) is 17.4 Å². The molecule has 0 aliphatic carbocycles. The first-order chi connectivity index (χ1) is 18.4. The van der Waals surface area contributed by atoms with Crippen LogP contribution in [0.4, 0.5) is 5.69 Å². The molecule has 8 heteroatoms.